The van der Waals surface area contributed by atoms with E-state index in [9.17, 15) is 8.42 Å². The Morgan fingerprint density at radius 3 is 2.58 bits per heavy atom. The van der Waals surface area contributed by atoms with Gasteiger partial charge in [0.25, 0.3) is 0 Å². The summed E-state index contributed by atoms with van der Waals surface area (Å²) in [5.74, 6) is 0. The maximum Gasteiger partial charge on any atom is 0.232 e. The number of aromatic nitrogens is 2. The Hall–Kier alpha value is -2.09. The van der Waals surface area contributed by atoms with Crippen molar-refractivity contribution in [1.29, 1.82) is 0 Å². The molecule has 2 heterocycles. The van der Waals surface area contributed by atoms with E-state index in [1.54, 1.807) is 0 Å². The third-order valence-corrected chi connectivity index (χ3v) is 7.11. The summed E-state index contributed by atoms with van der Waals surface area (Å²) in [5, 5.41) is 8.59. The molecule has 1 aromatic heterocycles. The van der Waals surface area contributed by atoms with E-state index in [0.717, 1.165) is 35.9 Å². The molecule has 0 unspecified atom stereocenters. The first-order valence-electron chi connectivity index (χ1n) is 8.41. The lowest BCUT2D eigenvalue weighted by Gasteiger charge is -2.28. The van der Waals surface area contributed by atoms with Crippen LogP contribution in [0.25, 0.3) is 11.1 Å². The van der Waals surface area contributed by atoms with Crippen LogP contribution in [0.1, 0.15) is 16.1 Å². The summed E-state index contributed by atoms with van der Waals surface area (Å²) in [4.78, 5) is 2.30. The molecule has 2 aromatic carbocycles. The SMILES string of the molecule is CS(=O)(=O)c1nnc(CN2CCc3ccc(-c4ccccc4)cc3C2)s1. The average Bonchev–Trinajstić information content (AvgIpc) is 3.11. The Labute approximate surface area is 157 Å². The minimum Gasteiger partial charge on any atom is -0.292 e. The van der Waals surface area contributed by atoms with Crippen LogP contribution in [0, 0.1) is 0 Å². The van der Waals surface area contributed by atoms with Crippen molar-refractivity contribution in [3.63, 3.8) is 0 Å². The minimum atomic E-state index is -3.28. The summed E-state index contributed by atoms with van der Waals surface area (Å²) in [7, 11) is -3.28. The lowest BCUT2D eigenvalue weighted by atomic mass is 9.95. The average molecular weight is 386 g/mol. The first-order valence-corrected chi connectivity index (χ1v) is 11.1. The van der Waals surface area contributed by atoms with Crippen LogP contribution in [-0.4, -0.2) is 36.3 Å². The van der Waals surface area contributed by atoms with Gasteiger partial charge in [0.15, 0.2) is 0 Å². The Kier molecular flexibility index (Phi) is 4.60. The van der Waals surface area contributed by atoms with Gasteiger partial charge in [0.1, 0.15) is 5.01 Å². The molecule has 0 fully saturated rings. The molecule has 5 nitrogen and oxygen atoms in total. The van der Waals surface area contributed by atoms with Crippen molar-refractivity contribution in [2.75, 3.05) is 12.8 Å². The van der Waals surface area contributed by atoms with Crippen molar-refractivity contribution in [2.24, 2.45) is 0 Å². The summed E-state index contributed by atoms with van der Waals surface area (Å²) in [6.07, 6.45) is 2.15. The fraction of sp³-hybridized carbons (Fsp3) is 0.263. The van der Waals surface area contributed by atoms with E-state index in [0.29, 0.717) is 6.54 Å². The maximum atomic E-state index is 11.6. The fourth-order valence-corrected chi connectivity index (χ4v) is 4.90. The van der Waals surface area contributed by atoms with Gasteiger partial charge in [-0.1, -0.05) is 53.8 Å². The van der Waals surface area contributed by atoms with Gasteiger partial charge >= 0.3 is 0 Å². The van der Waals surface area contributed by atoms with Crippen LogP contribution in [0.2, 0.25) is 0 Å². The maximum absolute atomic E-state index is 11.6. The highest BCUT2D eigenvalue weighted by Crippen LogP contribution is 2.27. The highest BCUT2D eigenvalue weighted by Gasteiger charge is 2.20. The van der Waals surface area contributed by atoms with Crippen LogP contribution in [0.5, 0.6) is 0 Å². The van der Waals surface area contributed by atoms with Crippen molar-refractivity contribution in [2.45, 2.75) is 23.8 Å². The molecule has 7 heteroatoms. The molecule has 0 atom stereocenters. The first kappa shape index (κ1) is 17.3. The Bertz CT molecular complexity index is 1030. The summed E-state index contributed by atoms with van der Waals surface area (Å²) >= 11 is 1.16. The highest BCUT2D eigenvalue weighted by molar-refractivity contribution is 7.92. The van der Waals surface area contributed by atoms with Crippen molar-refractivity contribution in [3.8, 4) is 11.1 Å². The van der Waals surface area contributed by atoms with Crippen molar-refractivity contribution in [1.82, 2.24) is 15.1 Å². The molecule has 0 spiro atoms. The standard InChI is InChI=1S/C19H19N3O2S2/c1-26(23,24)19-21-20-18(25-19)13-22-10-9-15-7-8-16(11-17(15)12-22)14-5-3-2-4-6-14/h2-8,11H,9-10,12-13H2,1H3. The number of nitrogens with zero attached hydrogens (tertiary/aromatic N) is 3. The van der Waals surface area contributed by atoms with Gasteiger partial charge < -0.3 is 0 Å². The van der Waals surface area contributed by atoms with E-state index in [4.69, 9.17) is 0 Å². The lowest BCUT2D eigenvalue weighted by molar-refractivity contribution is 0.244. The Morgan fingerprint density at radius 2 is 1.85 bits per heavy atom. The monoisotopic (exact) mass is 385 g/mol. The molecular weight excluding hydrogens is 366 g/mol. The molecule has 26 heavy (non-hydrogen) atoms. The van der Waals surface area contributed by atoms with E-state index in [-0.39, 0.29) is 4.34 Å². The number of hydrogen-bond acceptors (Lipinski definition) is 6. The molecule has 134 valence electrons. The van der Waals surface area contributed by atoms with Crippen molar-refractivity contribution >= 4 is 21.2 Å². The summed E-state index contributed by atoms with van der Waals surface area (Å²) < 4.78 is 23.2. The zero-order valence-corrected chi connectivity index (χ0v) is 16.1. The molecule has 0 bridgehead atoms. The molecule has 0 amide bonds. The smallest absolute Gasteiger partial charge is 0.232 e. The summed E-state index contributed by atoms with van der Waals surface area (Å²) in [6, 6.07) is 17.0. The zero-order valence-electron chi connectivity index (χ0n) is 14.4. The van der Waals surface area contributed by atoms with Gasteiger partial charge in [-0.25, -0.2) is 8.42 Å². The van der Waals surface area contributed by atoms with Crippen LogP contribution < -0.4 is 0 Å². The Balaban J connectivity index is 1.53. The predicted octanol–water partition coefficient (Wildman–Crippen LogP) is 3.17. The van der Waals surface area contributed by atoms with Crippen LogP contribution in [0.15, 0.2) is 52.9 Å². The largest absolute Gasteiger partial charge is 0.292 e. The van der Waals surface area contributed by atoms with Crippen molar-refractivity contribution < 1.29 is 8.42 Å². The molecular formula is C19H19N3O2S2. The third-order valence-electron chi connectivity index (χ3n) is 4.53. The van der Waals surface area contributed by atoms with Gasteiger partial charge in [0.2, 0.25) is 14.2 Å². The number of sulfone groups is 1. The molecule has 4 rings (SSSR count). The number of hydrogen-bond donors (Lipinski definition) is 0. The molecule has 1 aliphatic heterocycles. The van der Waals surface area contributed by atoms with E-state index in [1.165, 1.54) is 28.5 Å². The van der Waals surface area contributed by atoms with Crippen LogP contribution >= 0.6 is 11.3 Å². The van der Waals surface area contributed by atoms with E-state index < -0.39 is 9.84 Å². The molecule has 0 aliphatic carbocycles. The Morgan fingerprint density at radius 1 is 1.04 bits per heavy atom. The normalized spacial score (nSPS) is 15.0. The van der Waals surface area contributed by atoms with Gasteiger partial charge in [-0.2, -0.15) is 0 Å². The molecule has 3 aromatic rings. The van der Waals surface area contributed by atoms with Gasteiger partial charge in [0.05, 0.1) is 6.54 Å². The van der Waals surface area contributed by atoms with Gasteiger partial charge in [0, 0.05) is 19.3 Å². The quantitative estimate of drug-likeness (QED) is 0.690. The highest BCUT2D eigenvalue weighted by atomic mass is 32.2. The third kappa shape index (κ3) is 3.70. The van der Waals surface area contributed by atoms with Crippen molar-refractivity contribution in [3.05, 3.63) is 64.7 Å². The van der Waals surface area contributed by atoms with Crippen LogP contribution in [0.3, 0.4) is 0 Å². The molecule has 0 N–H and O–H groups in total. The van der Waals surface area contributed by atoms with E-state index in [2.05, 4.69) is 57.6 Å². The topological polar surface area (TPSA) is 63.2 Å². The van der Waals surface area contributed by atoms with E-state index in [1.807, 2.05) is 6.07 Å². The summed E-state index contributed by atoms with van der Waals surface area (Å²) in [6.45, 7) is 2.40. The molecule has 1 aliphatic rings. The summed E-state index contributed by atoms with van der Waals surface area (Å²) in [5.41, 5.74) is 5.15. The van der Waals surface area contributed by atoms with Crippen LogP contribution in [-0.2, 0) is 29.3 Å². The molecule has 0 radical (unpaired) electrons. The van der Waals surface area contributed by atoms with Gasteiger partial charge in [-0.15, -0.1) is 10.2 Å². The second kappa shape index (κ2) is 6.90. The minimum absolute atomic E-state index is 0.0938. The molecule has 0 saturated heterocycles. The second-order valence-corrected chi connectivity index (χ2v) is 9.80. The predicted molar refractivity (Wildman–Crippen MR) is 103 cm³/mol. The van der Waals surface area contributed by atoms with E-state index >= 15 is 0 Å². The van der Waals surface area contributed by atoms with Gasteiger partial charge in [-0.3, -0.25) is 4.90 Å². The number of fused-ring (bicyclic) bond motifs is 1. The van der Waals surface area contributed by atoms with Gasteiger partial charge in [-0.05, 0) is 34.7 Å². The molecule has 0 saturated carbocycles. The first-order chi connectivity index (χ1) is 12.5. The lowest BCUT2D eigenvalue weighted by Crippen LogP contribution is -2.30. The fourth-order valence-electron chi connectivity index (χ4n) is 3.20. The number of benzene rings is 2. The number of rotatable bonds is 4. The second-order valence-electron chi connectivity index (χ2n) is 6.54. The zero-order chi connectivity index (χ0) is 18.1. The van der Waals surface area contributed by atoms with Crippen LogP contribution in [0.4, 0.5) is 0 Å².